The molecule has 2 aromatic heterocycles. The fourth-order valence-electron chi connectivity index (χ4n) is 3.55. The van der Waals surface area contributed by atoms with E-state index in [9.17, 15) is 9.59 Å². The summed E-state index contributed by atoms with van der Waals surface area (Å²) in [5.74, 6) is -0.253. The molecule has 2 aromatic carbocycles. The van der Waals surface area contributed by atoms with Crippen molar-refractivity contribution in [2.45, 2.75) is 39.7 Å². The van der Waals surface area contributed by atoms with Gasteiger partial charge in [0.05, 0.1) is 11.7 Å². The zero-order chi connectivity index (χ0) is 22.0. The maximum atomic E-state index is 13.3. The van der Waals surface area contributed by atoms with Crippen molar-refractivity contribution in [2.24, 2.45) is 0 Å². The first-order chi connectivity index (χ1) is 15.0. The van der Waals surface area contributed by atoms with E-state index in [1.165, 1.54) is 33.4 Å². The zero-order valence-corrected chi connectivity index (χ0v) is 18.7. The van der Waals surface area contributed by atoms with Gasteiger partial charge in [0, 0.05) is 16.6 Å². The molecule has 1 N–H and O–H groups in total. The summed E-state index contributed by atoms with van der Waals surface area (Å²) >= 11 is 1.44. The summed E-state index contributed by atoms with van der Waals surface area (Å²) in [6.07, 6.45) is 3.37. The van der Waals surface area contributed by atoms with Gasteiger partial charge in [0.1, 0.15) is 10.9 Å². The molecule has 0 aliphatic rings. The third-order valence-electron chi connectivity index (χ3n) is 5.62. The van der Waals surface area contributed by atoms with E-state index >= 15 is 0 Å². The van der Waals surface area contributed by atoms with Crippen molar-refractivity contribution in [2.75, 3.05) is 5.32 Å². The van der Waals surface area contributed by atoms with Crippen LogP contribution in [0, 0.1) is 0 Å². The van der Waals surface area contributed by atoms with Crippen molar-refractivity contribution in [3.05, 3.63) is 81.7 Å². The third kappa shape index (κ3) is 4.16. The maximum Gasteiger partial charge on any atom is 0.263 e. The minimum absolute atomic E-state index is 0.204. The van der Waals surface area contributed by atoms with E-state index in [2.05, 4.69) is 36.3 Å². The number of benzene rings is 2. The van der Waals surface area contributed by atoms with Crippen molar-refractivity contribution in [3.8, 4) is 11.1 Å². The predicted molar refractivity (Wildman–Crippen MR) is 128 cm³/mol. The van der Waals surface area contributed by atoms with E-state index < -0.39 is 6.04 Å². The van der Waals surface area contributed by atoms with Gasteiger partial charge in [-0.1, -0.05) is 50.2 Å². The van der Waals surface area contributed by atoms with Gasteiger partial charge in [0.2, 0.25) is 5.91 Å². The molecular formula is C25H25N3O2S. The quantitative estimate of drug-likeness (QED) is 0.441. The number of thiophene rings is 1. The average Bonchev–Trinajstić information content (AvgIpc) is 3.24. The number of nitrogens with one attached hydrogen (secondary N) is 1. The first-order valence-electron chi connectivity index (χ1n) is 10.5. The van der Waals surface area contributed by atoms with Gasteiger partial charge in [-0.2, -0.15) is 0 Å². The number of carbonyl (C=O) groups is 1. The molecule has 6 heteroatoms. The van der Waals surface area contributed by atoms with Crippen molar-refractivity contribution in [3.63, 3.8) is 0 Å². The average molecular weight is 432 g/mol. The van der Waals surface area contributed by atoms with E-state index in [0.29, 0.717) is 15.9 Å². The number of fused-ring (bicyclic) bond motifs is 1. The Morgan fingerprint density at radius 2 is 1.65 bits per heavy atom. The molecule has 0 aliphatic heterocycles. The number of carbonyl (C=O) groups excluding carboxylic acids is 1. The highest BCUT2D eigenvalue weighted by Gasteiger charge is 2.20. The molecule has 0 radical (unpaired) electrons. The van der Waals surface area contributed by atoms with Crippen molar-refractivity contribution < 1.29 is 4.79 Å². The van der Waals surface area contributed by atoms with E-state index in [0.717, 1.165) is 24.0 Å². The van der Waals surface area contributed by atoms with Crippen molar-refractivity contribution in [1.29, 1.82) is 0 Å². The van der Waals surface area contributed by atoms with Gasteiger partial charge in [-0.25, -0.2) is 4.98 Å². The van der Waals surface area contributed by atoms with Gasteiger partial charge in [-0.15, -0.1) is 11.3 Å². The van der Waals surface area contributed by atoms with E-state index in [-0.39, 0.29) is 11.5 Å². The fourth-order valence-corrected chi connectivity index (χ4v) is 4.46. The Labute approximate surface area is 185 Å². The van der Waals surface area contributed by atoms with Crippen LogP contribution in [0.15, 0.2) is 65.0 Å². The SMILES string of the molecule is CCc1ccc(NC(=O)C(C)n2cnc3scc(-c4ccc(CC)cc4)c3c2=O)cc1. The van der Waals surface area contributed by atoms with Gasteiger partial charge in [-0.3, -0.25) is 14.2 Å². The van der Waals surface area contributed by atoms with Crippen LogP contribution in [0.25, 0.3) is 21.3 Å². The molecule has 4 aromatic rings. The Morgan fingerprint density at radius 1 is 1.03 bits per heavy atom. The monoisotopic (exact) mass is 431 g/mol. The molecule has 0 fully saturated rings. The highest BCUT2D eigenvalue weighted by molar-refractivity contribution is 7.17. The molecule has 0 spiro atoms. The number of amides is 1. The number of aromatic nitrogens is 2. The predicted octanol–water partition coefficient (Wildman–Crippen LogP) is 5.45. The molecule has 0 bridgehead atoms. The summed E-state index contributed by atoms with van der Waals surface area (Å²) in [5.41, 5.74) is 4.80. The van der Waals surface area contributed by atoms with Crippen LogP contribution in [-0.4, -0.2) is 15.5 Å². The molecule has 4 rings (SSSR count). The number of hydrogen-bond donors (Lipinski definition) is 1. The van der Waals surface area contributed by atoms with Crippen LogP contribution in [0.3, 0.4) is 0 Å². The van der Waals surface area contributed by atoms with Crippen LogP contribution < -0.4 is 10.9 Å². The number of nitrogens with zero attached hydrogens (tertiary/aromatic N) is 2. The van der Waals surface area contributed by atoms with Crippen LogP contribution in [0.4, 0.5) is 5.69 Å². The van der Waals surface area contributed by atoms with Crippen LogP contribution in [-0.2, 0) is 17.6 Å². The second-order valence-electron chi connectivity index (χ2n) is 7.55. The molecule has 1 atom stereocenters. The lowest BCUT2D eigenvalue weighted by Gasteiger charge is -2.15. The van der Waals surface area contributed by atoms with Crippen molar-refractivity contribution >= 4 is 33.1 Å². The Morgan fingerprint density at radius 3 is 2.26 bits per heavy atom. The molecular weight excluding hydrogens is 406 g/mol. The molecule has 5 nitrogen and oxygen atoms in total. The van der Waals surface area contributed by atoms with Crippen LogP contribution in [0.2, 0.25) is 0 Å². The number of rotatable bonds is 6. The first kappa shape index (κ1) is 21.0. The van der Waals surface area contributed by atoms with E-state index in [1.807, 2.05) is 41.8 Å². The van der Waals surface area contributed by atoms with Gasteiger partial charge in [0.15, 0.2) is 0 Å². The van der Waals surface area contributed by atoms with E-state index in [1.54, 1.807) is 6.92 Å². The Kier molecular flexibility index (Phi) is 6.00. The van der Waals surface area contributed by atoms with Crippen LogP contribution in [0.1, 0.15) is 37.9 Å². The fraction of sp³-hybridized carbons (Fsp3) is 0.240. The molecule has 31 heavy (non-hydrogen) atoms. The third-order valence-corrected chi connectivity index (χ3v) is 6.51. The minimum atomic E-state index is -0.689. The largest absolute Gasteiger partial charge is 0.324 e. The standard InChI is InChI=1S/C25H25N3O2S/c1-4-17-6-10-19(11-7-17)21-14-31-24-22(21)25(30)28(15-26-24)16(3)23(29)27-20-12-8-18(5-2)9-13-20/h6-16H,4-5H2,1-3H3,(H,27,29). The van der Waals surface area contributed by atoms with Gasteiger partial charge in [0.25, 0.3) is 5.56 Å². The number of aryl methyl sites for hydroxylation is 2. The van der Waals surface area contributed by atoms with Gasteiger partial charge >= 0.3 is 0 Å². The van der Waals surface area contributed by atoms with E-state index in [4.69, 9.17) is 0 Å². The topological polar surface area (TPSA) is 64.0 Å². The van der Waals surface area contributed by atoms with Gasteiger partial charge in [-0.05, 0) is 48.6 Å². The molecule has 0 saturated carbocycles. The summed E-state index contributed by atoms with van der Waals surface area (Å²) in [4.78, 5) is 31.3. The summed E-state index contributed by atoms with van der Waals surface area (Å²) in [6.45, 7) is 5.91. The lowest BCUT2D eigenvalue weighted by molar-refractivity contribution is -0.118. The minimum Gasteiger partial charge on any atom is -0.324 e. The summed E-state index contributed by atoms with van der Waals surface area (Å²) < 4.78 is 1.41. The summed E-state index contributed by atoms with van der Waals surface area (Å²) in [6, 6.07) is 15.3. The van der Waals surface area contributed by atoms with Crippen molar-refractivity contribution in [1.82, 2.24) is 9.55 Å². The molecule has 158 valence electrons. The lowest BCUT2D eigenvalue weighted by atomic mass is 10.0. The normalized spacial score (nSPS) is 12.1. The lowest BCUT2D eigenvalue weighted by Crippen LogP contribution is -2.31. The van der Waals surface area contributed by atoms with Crippen LogP contribution in [0.5, 0.6) is 0 Å². The van der Waals surface area contributed by atoms with Gasteiger partial charge < -0.3 is 5.32 Å². The summed E-state index contributed by atoms with van der Waals surface area (Å²) in [5, 5.41) is 5.42. The molecule has 2 heterocycles. The second kappa shape index (κ2) is 8.86. The first-order valence-corrected chi connectivity index (χ1v) is 11.4. The zero-order valence-electron chi connectivity index (χ0n) is 17.9. The summed E-state index contributed by atoms with van der Waals surface area (Å²) in [7, 11) is 0. The second-order valence-corrected chi connectivity index (χ2v) is 8.41. The Hall–Kier alpha value is -3.25. The molecule has 0 aliphatic carbocycles. The number of anilines is 1. The molecule has 1 unspecified atom stereocenters. The smallest absolute Gasteiger partial charge is 0.263 e. The highest BCUT2D eigenvalue weighted by atomic mass is 32.1. The van der Waals surface area contributed by atoms with Crippen LogP contribution >= 0.6 is 11.3 Å². The number of hydrogen-bond acceptors (Lipinski definition) is 4. The molecule has 0 saturated heterocycles. The molecule has 1 amide bonds. The Bertz CT molecular complexity index is 1270. The highest BCUT2D eigenvalue weighted by Crippen LogP contribution is 2.31. The maximum absolute atomic E-state index is 13.3. The Balaban J connectivity index is 1.66.